The van der Waals surface area contributed by atoms with E-state index in [1.807, 2.05) is 24.8 Å². The molecule has 0 fully saturated rings. The molecule has 0 heterocycles. The molecular weight excluding hydrogens is 264 g/mol. The molecule has 116 valence electrons. The molecule has 0 saturated carbocycles. The Labute approximate surface area is 127 Å². The second kappa shape index (κ2) is 7.46. The van der Waals surface area contributed by atoms with Gasteiger partial charge in [0.1, 0.15) is 5.75 Å². The van der Waals surface area contributed by atoms with Crippen LogP contribution in [-0.2, 0) is 17.6 Å². The second-order valence-electron chi connectivity index (χ2n) is 5.52. The average Bonchev–Trinajstić information content (AvgIpc) is 2.53. The fraction of sp³-hybridized carbons (Fsp3) is 0.588. The average molecular weight is 290 g/mol. The van der Waals surface area contributed by atoms with Crippen LogP contribution in [0.5, 0.6) is 5.75 Å². The first-order chi connectivity index (χ1) is 10.2. The summed E-state index contributed by atoms with van der Waals surface area (Å²) in [5.74, 6) is 1.10. The van der Waals surface area contributed by atoms with Gasteiger partial charge >= 0.3 is 0 Å². The molecule has 1 aromatic carbocycles. The predicted molar refractivity (Wildman–Crippen MR) is 84.7 cm³/mol. The summed E-state index contributed by atoms with van der Waals surface area (Å²) in [5, 5.41) is 3.42. The van der Waals surface area contributed by atoms with Crippen LogP contribution in [0, 0.1) is 0 Å². The Bertz CT molecular complexity index is 484. The summed E-state index contributed by atoms with van der Waals surface area (Å²) in [4.78, 5) is 13.9. The summed E-state index contributed by atoms with van der Waals surface area (Å²) in [6, 6.07) is 6.68. The van der Waals surface area contributed by atoms with E-state index in [1.165, 1.54) is 11.1 Å². The van der Waals surface area contributed by atoms with Crippen LogP contribution in [0.25, 0.3) is 0 Å². The van der Waals surface area contributed by atoms with Crippen molar-refractivity contribution in [1.82, 2.24) is 10.2 Å². The minimum absolute atomic E-state index is 0.191. The number of benzene rings is 1. The molecule has 1 N–H and O–H groups in total. The maximum Gasteiger partial charge on any atom is 0.236 e. The van der Waals surface area contributed by atoms with Crippen LogP contribution < -0.4 is 10.1 Å². The summed E-state index contributed by atoms with van der Waals surface area (Å²) < 4.78 is 5.29. The van der Waals surface area contributed by atoms with Crippen LogP contribution >= 0.6 is 0 Å². The number of nitrogens with zero attached hydrogens (tertiary/aromatic N) is 1. The zero-order valence-corrected chi connectivity index (χ0v) is 13.3. The van der Waals surface area contributed by atoms with Crippen molar-refractivity contribution in [2.75, 3.05) is 26.7 Å². The topological polar surface area (TPSA) is 41.6 Å². The van der Waals surface area contributed by atoms with Gasteiger partial charge in [-0.25, -0.2) is 0 Å². The molecule has 1 atom stereocenters. The summed E-state index contributed by atoms with van der Waals surface area (Å²) >= 11 is 0. The number of rotatable bonds is 6. The molecule has 21 heavy (non-hydrogen) atoms. The van der Waals surface area contributed by atoms with Crippen LogP contribution in [0.3, 0.4) is 0 Å². The van der Waals surface area contributed by atoms with E-state index in [9.17, 15) is 4.79 Å². The number of amides is 1. The maximum atomic E-state index is 12.0. The Morgan fingerprint density at radius 2 is 2.10 bits per heavy atom. The number of hydrogen-bond donors (Lipinski definition) is 1. The van der Waals surface area contributed by atoms with Gasteiger partial charge in [0.25, 0.3) is 0 Å². The summed E-state index contributed by atoms with van der Waals surface area (Å²) in [6.45, 7) is 6.03. The van der Waals surface area contributed by atoms with Crippen molar-refractivity contribution < 1.29 is 9.53 Å². The minimum atomic E-state index is 0.191. The fourth-order valence-electron chi connectivity index (χ4n) is 2.95. The number of likely N-dealkylation sites (N-methyl/N-ethyl adjacent to an activating group) is 1. The Morgan fingerprint density at radius 3 is 2.76 bits per heavy atom. The SMILES string of the molecule is CCN(CC)C(=O)CNC1CCc2ccc(OC)cc2C1. The van der Waals surface area contributed by atoms with E-state index in [1.54, 1.807) is 7.11 Å². The van der Waals surface area contributed by atoms with E-state index in [0.29, 0.717) is 12.6 Å². The van der Waals surface area contributed by atoms with E-state index >= 15 is 0 Å². The third kappa shape index (κ3) is 3.97. The molecule has 1 aromatic rings. The first-order valence-electron chi connectivity index (χ1n) is 7.84. The number of methoxy groups -OCH3 is 1. The first kappa shape index (κ1) is 15.8. The van der Waals surface area contributed by atoms with Gasteiger partial charge in [-0.05, 0) is 56.4 Å². The molecule has 1 unspecified atom stereocenters. The fourth-order valence-corrected chi connectivity index (χ4v) is 2.95. The molecular formula is C17H26N2O2. The van der Waals surface area contributed by atoms with Crippen molar-refractivity contribution >= 4 is 5.91 Å². The van der Waals surface area contributed by atoms with Gasteiger partial charge in [0.05, 0.1) is 13.7 Å². The number of carbonyl (C=O) groups is 1. The molecule has 0 aliphatic heterocycles. The van der Waals surface area contributed by atoms with Gasteiger partial charge < -0.3 is 15.0 Å². The normalized spacial score (nSPS) is 17.2. The molecule has 0 saturated heterocycles. The summed E-state index contributed by atoms with van der Waals surface area (Å²) in [7, 11) is 1.70. The van der Waals surface area contributed by atoms with Crippen molar-refractivity contribution in [2.45, 2.75) is 39.2 Å². The number of nitrogens with one attached hydrogen (secondary N) is 1. The predicted octanol–water partition coefficient (Wildman–Crippen LogP) is 2.01. The van der Waals surface area contributed by atoms with Gasteiger partial charge in [0.2, 0.25) is 5.91 Å². The third-order valence-electron chi connectivity index (χ3n) is 4.30. The van der Waals surface area contributed by atoms with Crippen LogP contribution in [0.15, 0.2) is 18.2 Å². The zero-order chi connectivity index (χ0) is 15.2. The van der Waals surface area contributed by atoms with Crippen molar-refractivity contribution in [3.05, 3.63) is 29.3 Å². The molecule has 1 aliphatic carbocycles. The van der Waals surface area contributed by atoms with E-state index in [0.717, 1.165) is 38.1 Å². The van der Waals surface area contributed by atoms with Crippen LogP contribution in [0.4, 0.5) is 0 Å². The zero-order valence-electron chi connectivity index (χ0n) is 13.3. The highest BCUT2D eigenvalue weighted by Crippen LogP contribution is 2.25. The Kier molecular flexibility index (Phi) is 5.62. The molecule has 4 heteroatoms. The van der Waals surface area contributed by atoms with Crippen molar-refractivity contribution in [1.29, 1.82) is 0 Å². The lowest BCUT2D eigenvalue weighted by Gasteiger charge is -2.27. The summed E-state index contributed by atoms with van der Waals surface area (Å²) in [5.41, 5.74) is 2.75. The number of carbonyl (C=O) groups excluding carboxylic acids is 1. The van der Waals surface area contributed by atoms with Crippen LogP contribution in [0.1, 0.15) is 31.4 Å². The molecule has 1 aliphatic rings. The van der Waals surface area contributed by atoms with Gasteiger partial charge in [-0.15, -0.1) is 0 Å². The maximum absolute atomic E-state index is 12.0. The lowest BCUT2D eigenvalue weighted by molar-refractivity contribution is -0.130. The molecule has 2 rings (SSSR count). The lowest BCUT2D eigenvalue weighted by Crippen LogP contribution is -2.43. The highest BCUT2D eigenvalue weighted by molar-refractivity contribution is 5.78. The minimum Gasteiger partial charge on any atom is -0.497 e. The molecule has 0 bridgehead atoms. The molecule has 0 spiro atoms. The first-order valence-corrected chi connectivity index (χ1v) is 7.84. The van der Waals surface area contributed by atoms with Gasteiger partial charge in [0.15, 0.2) is 0 Å². The highest BCUT2D eigenvalue weighted by atomic mass is 16.5. The third-order valence-corrected chi connectivity index (χ3v) is 4.30. The Balaban J connectivity index is 1.91. The largest absolute Gasteiger partial charge is 0.497 e. The van der Waals surface area contributed by atoms with Crippen LogP contribution in [-0.4, -0.2) is 43.6 Å². The van der Waals surface area contributed by atoms with E-state index in [4.69, 9.17) is 4.74 Å². The van der Waals surface area contributed by atoms with E-state index in [-0.39, 0.29) is 5.91 Å². The summed E-state index contributed by atoms with van der Waals surface area (Å²) in [6.07, 6.45) is 3.12. The van der Waals surface area contributed by atoms with Crippen molar-refractivity contribution in [3.8, 4) is 5.75 Å². The Morgan fingerprint density at radius 1 is 1.33 bits per heavy atom. The molecule has 4 nitrogen and oxygen atoms in total. The van der Waals surface area contributed by atoms with Gasteiger partial charge in [-0.2, -0.15) is 0 Å². The second-order valence-corrected chi connectivity index (χ2v) is 5.52. The lowest BCUT2D eigenvalue weighted by atomic mass is 9.88. The molecule has 1 amide bonds. The van der Waals surface area contributed by atoms with Crippen molar-refractivity contribution in [2.24, 2.45) is 0 Å². The highest BCUT2D eigenvalue weighted by Gasteiger charge is 2.20. The van der Waals surface area contributed by atoms with Gasteiger partial charge in [0, 0.05) is 19.1 Å². The van der Waals surface area contributed by atoms with Gasteiger partial charge in [-0.1, -0.05) is 6.07 Å². The monoisotopic (exact) mass is 290 g/mol. The molecule has 0 aromatic heterocycles. The quantitative estimate of drug-likeness (QED) is 0.871. The standard InChI is InChI=1S/C17H26N2O2/c1-4-19(5-2)17(20)12-18-15-8-6-13-7-9-16(21-3)11-14(13)10-15/h7,9,11,15,18H,4-6,8,10,12H2,1-3H3. The van der Waals surface area contributed by atoms with Crippen molar-refractivity contribution in [3.63, 3.8) is 0 Å². The number of hydrogen-bond acceptors (Lipinski definition) is 3. The number of fused-ring (bicyclic) bond motifs is 1. The Hall–Kier alpha value is -1.55. The molecule has 0 radical (unpaired) electrons. The number of aryl methyl sites for hydroxylation is 1. The van der Waals surface area contributed by atoms with E-state index in [2.05, 4.69) is 17.4 Å². The van der Waals surface area contributed by atoms with Crippen LogP contribution in [0.2, 0.25) is 0 Å². The smallest absolute Gasteiger partial charge is 0.236 e. The van der Waals surface area contributed by atoms with Gasteiger partial charge in [-0.3, -0.25) is 4.79 Å². The number of ether oxygens (including phenoxy) is 1. The van der Waals surface area contributed by atoms with E-state index < -0.39 is 0 Å².